The van der Waals surface area contributed by atoms with Gasteiger partial charge in [0.05, 0.1) is 23.2 Å². The van der Waals surface area contributed by atoms with Crippen molar-refractivity contribution in [1.82, 2.24) is 0 Å². The molecular formula is C30H48O6. The monoisotopic (exact) mass is 504 g/mol. The van der Waals surface area contributed by atoms with E-state index in [9.17, 15) is 30.3 Å². The van der Waals surface area contributed by atoms with Crippen LogP contribution in [0.15, 0.2) is 11.6 Å². The first-order chi connectivity index (χ1) is 16.4. The van der Waals surface area contributed by atoms with Crippen molar-refractivity contribution < 1.29 is 30.3 Å². The Morgan fingerprint density at radius 1 is 0.889 bits per heavy atom. The van der Waals surface area contributed by atoms with Crippen LogP contribution in [0.25, 0.3) is 0 Å². The quantitative estimate of drug-likeness (QED) is 0.343. The Labute approximate surface area is 216 Å². The van der Waals surface area contributed by atoms with E-state index in [4.69, 9.17) is 0 Å². The fourth-order valence-electron chi connectivity index (χ4n) is 10.9. The molecule has 5 aliphatic carbocycles. The fourth-order valence-corrected chi connectivity index (χ4v) is 10.9. The maximum absolute atomic E-state index is 12.8. The number of aliphatic carboxylic acids is 1. The summed E-state index contributed by atoms with van der Waals surface area (Å²) >= 11 is 0. The van der Waals surface area contributed by atoms with E-state index in [2.05, 4.69) is 26.8 Å². The minimum absolute atomic E-state index is 0.00890. The summed E-state index contributed by atoms with van der Waals surface area (Å²) in [6.07, 6.45) is 4.02. The van der Waals surface area contributed by atoms with Gasteiger partial charge in [-0.1, -0.05) is 53.2 Å². The van der Waals surface area contributed by atoms with Crippen LogP contribution in [0.2, 0.25) is 0 Å². The van der Waals surface area contributed by atoms with Crippen LogP contribution in [0.3, 0.4) is 0 Å². The second kappa shape index (κ2) is 7.58. The number of aliphatic hydroxyl groups excluding tert-OH is 3. The summed E-state index contributed by atoms with van der Waals surface area (Å²) < 4.78 is 0. The number of hydrogen-bond donors (Lipinski definition) is 5. The molecule has 4 saturated carbocycles. The van der Waals surface area contributed by atoms with Crippen LogP contribution >= 0.6 is 0 Å². The third kappa shape index (κ3) is 2.80. The Morgan fingerprint density at radius 2 is 1.53 bits per heavy atom. The maximum Gasteiger partial charge on any atom is 0.310 e. The van der Waals surface area contributed by atoms with Crippen LogP contribution in [-0.4, -0.2) is 55.4 Å². The van der Waals surface area contributed by atoms with Crippen LogP contribution in [0.1, 0.15) is 93.4 Å². The Hall–Kier alpha value is -0.950. The largest absolute Gasteiger partial charge is 0.481 e. The predicted octanol–water partition coefficient (Wildman–Crippen LogP) is 4.15. The topological polar surface area (TPSA) is 118 Å². The number of carboxylic acid groups (broad SMARTS) is 1. The van der Waals surface area contributed by atoms with Gasteiger partial charge in [0.15, 0.2) is 0 Å². The van der Waals surface area contributed by atoms with E-state index in [1.807, 2.05) is 27.7 Å². The second-order valence-corrected chi connectivity index (χ2v) is 14.9. The van der Waals surface area contributed by atoms with E-state index in [1.54, 1.807) is 0 Å². The molecule has 204 valence electrons. The van der Waals surface area contributed by atoms with Gasteiger partial charge in [0.25, 0.3) is 0 Å². The number of carboxylic acids is 1. The van der Waals surface area contributed by atoms with Crippen molar-refractivity contribution in [3.8, 4) is 0 Å². The highest BCUT2D eigenvalue weighted by atomic mass is 16.4. The van der Waals surface area contributed by atoms with E-state index in [1.165, 1.54) is 0 Å². The number of aliphatic hydroxyl groups is 4. The summed E-state index contributed by atoms with van der Waals surface area (Å²) in [6, 6.07) is 0. The predicted molar refractivity (Wildman–Crippen MR) is 137 cm³/mol. The van der Waals surface area contributed by atoms with Crippen molar-refractivity contribution in [2.75, 3.05) is 0 Å². The molecule has 0 heterocycles. The molecule has 0 aromatic rings. The Balaban J connectivity index is 1.67. The molecule has 0 aliphatic heterocycles. The van der Waals surface area contributed by atoms with Crippen molar-refractivity contribution >= 4 is 5.97 Å². The highest BCUT2D eigenvalue weighted by Gasteiger charge is 2.73. The molecule has 12 atom stereocenters. The number of fused-ring (bicyclic) bond motifs is 7. The molecule has 0 amide bonds. The van der Waals surface area contributed by atoms with Gasteiger partial charge in [0.2, 0.25) is 0 Å². The molecule has 5 rings (SSSR count). The molecule has 0 radical (unpaired) electrons. The minimum Gasteiger partial charge on any atom is -0.481 e. The average molecular weight is 505 g/mol. The maximum atomic E-state index is 12.8. The Bertz CT molecular complexity index is 986. The minimum atomic E-state index is -1.20. The molecule has 5 N–H and O–H groups in total. The van der Waals surface area contributed by atoms with E-state index in [0.29, 0.717) is 25.7 Å². The molecule has 0 spiro atoms. The molecule has 0 saturated heterocycles. The van der Waals surface area contributed by atoms with Gasteiger partial charge in [-0.3, -0.25) is 4.79 Å². The zero-order valence-electron chi connectivity index (χ0n) is 23.2. The zero-order chi connectivity index (χ0) is 26.9. The summed E-state index contributed by atoms with van der Waals surface area (Å²) in [5, 5.41) is 55.9. The number of carbonyl (C=O) groups is 1. The molecular weight excluding hydrogens is 456 g/mol. The summed E-state index contributed by atoms with van der Waals surface area (Å²) in [5.74, 6) is -1.10. The Morgan fingerprint density at radius 3 is 2.14 bits per heavy atom. The normalized spacial score (nSPS) is 58.0. The second-order valence-electron chi connectivity index (χ2n) is 14.9. The van der Waals surface area contributed by atoms with Gasteiger partial charge in [0.1, 0.15) is 6.10 Å². The number of hydrogen-bond acceptors (Lipinski definition) is 5. The summed E-state index contributed by atoms with van der Waals surface area (Å²) in [5.41, 5.74) is -2.63. The van der Waals surface area contributed by atoms with Crippen LogP contribution in [0.5, 0.6) is 0 Å². The van der Waals surface area contributed by atoms with Crippen molar-refractivity contribution in [3.05, 3.63) is 11.6 Å². The molecule has 5 aliphatic rings. The van der Waals surface area contributed by atoms with Crippen molar-refractivity contribution in [1.29, 1.82) is 0 Å². The average Bonchev–Trinajstić information content (AvgIpc) is 2.79. The lowest BCUT2D eigenvalue weighted by Gasteiger charge is -2.72. The van der Waals surface area contributed by atoms with Crippen LogP contribution in [0.4, 0.5) is 0 Å². The van der Waals surface area contributed by atoms with Gasteiger partial charge in [-0.25, -0.2) is 0 Å². The van der Waals surface area contributed by atoms with E-state index in [0.717, 1.165) is 24.8 Å². The van der Waals surface area contributed by atoms with Crippen LogP contribution in [-0.2, 0) is 4.79 Å². The van der Waals surface area contributed by atoms with E-state index < -0.39 is 52.0 Å². The molecule has 0 aromatic carbocycles. The van der Waals surface area contributed by atoms with Crippen LogP contribution < -0.4 is 0 Å². The van der Waals surface area contributed by atoms with Crippen LogP contribution in [0, 0.1) is 50.7 Å². The van der Waals surface area contributed by atoms with Gasteiger partial charge in [-0.2, -0.15) is 0 Å². The molecule has 36 heavy (non-hydrogen) atoms. The smallest absolute Gasteiger partial charge is 0.310 e. The lowest BCUT2D eigenvalue weighted by Crippen LogP contribution is -2.72. The molecule has 4 fully saturated rings. The van der Waals surface area contributed by atoms with Gasteiger partial charge >= 0.3 is 5.97 Å². The van der Waals surface area contributed by atoms with Gasteiger partial charge in [-0.05, 0) is 85.9 Å². The summed E-state index contributed by atoms with van der Waals surface area (Å²) in [6.45, 7) is 14.7. The Kier molecular flexibility index (Phi) is 5.61. The molecule has 0 aromatic heterocycles. The van der Waals surface area contributed by atoms with Gasteiger partial charge in [-0.15, -0.1) is 0 Å². The molecule has 6 nitrogen and oxygen atoms in total. The van der Waals surface area contributed by atoms with Crippen molar-refractivity contribution in [2.45, 2.75) is 117 Å². The summed E-state index contributed by atoms with van der Waals surface area (Å²) in [4.78, 5) is 12.8. The highest BCUT2D eigenvalue weighted by molar-refractivity contribution is 5.77. The number of rotatable bonds is 1. The molecule has 6 heteroatoms. The lowest BCUT2D eigenvalue weighted by molar-refractivity contribution is -0.279. The van der Waals surface area contributed by atoms with Gasteiger partial charge in [0, 0.05) is 11.3 Å². The first-order valence-electron chi connectivity index (χ1n) is 14.1. The van der Waals surface area contributed by atoms with Gasteiger partial charge < -0.3 is 25.5 Å². The first-order valence-corrected chi connectivity index (χ1v) is 14.1. The lowest BCUT2D eigenvalue weighted by atomic mass is 9.32. The third-order valence-electron chi connectivity index (χ3n) is 13.6. The fraction of sp³-hybridized carbons (Fsp3) is 0.900. The van der Waals surface area contributed by atoms with E-state index >= 15 is 0 Å². The van der Waals surface area contributed by atoms with Crippen molar-refractivity contribution in [3.63, 3.8) is 0 Å². The zero-order valence-corrected chi connectivity index (χ0v) is 23.2. The summed E-state index contributed by atoms with van der Waals surface area (Å²) in [7, 11) is 0. The van der Waals surface area contributed by atoms with Crippen molar-refractivity contribution in [2.24, 2.45) is 50.7 Å². The standard InChI is InChI=1S/C30H48O6/c1-16-10-13-30(24(34)35)15-14-26(4)17(21(30)29(16,7)36)8-9-19-27(26,5)12-11-18-25(2,3)22(32)20(31)23(33)28(18,19)6/h8,16,18-23,31-33,36H,9-15H2,1-7H3,(H,34,35)/t16-,18+,19+,20-,21-,22-,23-,26-,27-,28+,29-,30+/m1/s1. The van der Waals surface area contributed by atoms with E-state index in [-0.39, 0.29) is 28.6 Å². The molecule has 0 unspecified atom stereocenters. The third-order valence-corrected chi connectivity index (χ3v) is 13.6. The molecule has 0 bridgehead atoms. The SMILES string of the molecule is C[C@@H]1CC[C@]2(C(=O)O)CC[C@]3(C)C(=CC[C@@H]4[C@@]5(C)[C@H](O)[C@H](O)[C@@H](O)C(C)(C)[C@@H]5CC[C@]43C)[C@@H]2[C@]1(C)O. The number of allylic oxidation sites excluding steroid dienone is 1. The highest BCUT2D eigenvalue weighted by Crippen LogP contribution is 2.76. The first kappa shape index (κ1) is 26.6.